The quantitative estimate of drug-likeness (QED) is 0.593. The fourth-order valence-corrected chi connectivity index (χ4v) is 4.42. The van der Waals surface area contributed by atoms with Crippen LogP contribution in [0.4, 0.5) is 5.69 Å². The average molecular weight is 458 g/mol. The predicted octanol–water partition coefficient (Wildman–Crippen LogP) is 3.46. The molecule has 0 spiro atoms. The van der Waals surface area contributed by atoms with Crippen LogP contribution in [-0.2, 0) is 16.0 Å². The molecule has 0 radical (unpaired) electrons. The third-order valence-corrected chi connectivity index (χ3v) is 6.41. The highest BCUT2D eigenvalue weighted by Crippen LogP contribution is 2.21. The fraction of sp³-hybridized carbons (Fsp3) is 0.370. The van der Waals surface area contributed by atoms with Gasteiger partial charge in [-0.05, 0) is 42.3 Å². The summed E-state index contributed by atoms with van der Waals surface area (Å²) in [5.41, 5.74) is 3.73. The molecule has 2 heterocycles. The van der Waals surface area contributed by atoms with Gasteiger partial charge in [0.05, 0.1) is 11.6 Å². The fourth-order valence-electron chi connectivity index (χ4n) is 4.42. The van der Waals surface area contributed by atoms with Gasteiger partial charge in [-0.25, -0.2) is 0 Å². The Bertz CT molecular complexity index is 1190. The van der Waals surface area contributed by atoms with Crippen LogP contribution in [0, 0.1) is 17.2 Å². The molecule has 2 N–H and O–H groups in total. The van der Waals surface area contributed by atoms with E-state index in [-0.39, 0.29) is 17.7 Å². The molecule has 3 aromatic rings. The molecule has 34 heavy (non-hydrogen) atoms. The highest BCUT2D eigenvalue weighted by atomic mass is 16.2. The zero-order valence-corrected chi connectivity index (χ0v) is 19.8. The summed E-state index contributed by atoms with van der Waals surface area (Å²) in [5.74, 6) is -0.359. The van der Waals surface area contributed by atoms with E-state index in [1.807, 2.05) is 73.5 Å². The minimum absolute atomic E-state index is 0.0408. The zero-order chi connectivity index (χ0) is 24.1. The van der Waals surface area contributed by atoms with Gasteiger partial charge in [-0.3, -0.25) is 9.59 Å². The van der Waals surface area contributed by atoms with Crippen LogP contribution in [-0.4, -0.2) is 53.9 Å². The van der Waals surface area contributed by atoms with Crippen LogP contribution in [0.25, 0.3) is 10.9 Å². The topological polar surface area (TPSA) is 92.2 Å². The molecule has 0 bridgehead atoms. The number of carbonyl (C=O) groups excluding carboxylic acids is 2. The number of benzene rings is 2. The maximum absolute atomic E-state index is 13.6. The molecule has 1 aliphatic heterocycles. The van der Waals surface area contributed by atoms with E-state index in [1.165, 1.54) is 0 Å². The predicted molar refractivity (Wildman–Crippen MR) is 133 cm³/mol. The van der Waals surface area contributed by atoms with Crippen LogP contribution in [0.1, 0.15) is 31.4 Å². The molecule has 2 amide bonds. The van der Waals surface area contributed by atoms with E-state index in [0.717, 1.165) is 35.1 Å². The van der Waals surface area contributed by atoms with Crippen molar-refractivity contribution < 1.29 is 9.59 Å². The van der Waals surface area contributed by atoms with Gasteiger partial charge in [0.1, 0.15) is 6.04 Å². The van der Waals surface area contributed by atoms with Gasteiger partial charge in [0.2, 0.25) is 11.8 Å². The molecule has 2 aromatic carbocycles. The zero-order valence-electron chi connectivity index (χ0n) is 19.8. The maximum Gasteiger partial charge on any atom is 0.245 e. The van der Waals surface area contributed by atoms with E-state index in [0.29, 0.717) is 31.6 Å². The van der Waals surface area contributed by atoms with Crippen molar-refractivity contribution in [2.24, 2.45) is 5.92 Å². The lowest BCUT2D eigenvalue weighted by atomic mass is 10.0. The Kier molecular flexibility index (Phi) is 7.17. The minimum Gasteiger partial charge on any atom is -0.370 e. The number of nitrogens with zero attached hydrogens (tertiary/aromatic N) is 3. The van der Waals surface area contributed by atoms with Gasteiger partial charge in [0.15, 0.2) is 0 Å². The van der Waals surface area contributed by atoms with Crippen molar-refractivity contribution >= 4 is 28.4 Å². The Labute approximate surface area is 200 Å². The van der Waals surface area contributed by atoms with E-state index in [1.54, 1.807) is 0 Å². The Morgan fingerprint density at radius 1 is 1.06 bits per heavy atom. The van der Waals surface area contributed by atoms with Crippen LogP contribution < -0.4 is 10.2 Å². The number of nitriles is 1. The van der Waals surface area contributed by atoms with Gasteiger partial charge >= 0.3 is 0 Å². The van der Waals surface area contributed by atoms with Crippen LogP contribution >= 0.6 is 0 Å². The minimum atomic E-state index is -0.615. The number of nitrogens with one attached hydrogen (secondary N) is 2. The largest absolute Gasteiger partial charge is 0.370 e. The molecule has 1 fully saturated rings. The highest BCUT2D eigenvalue weighted by Gasteiger charge is 2.29. The summed E-state index contributed by atoms with van der Waals surface area (Å²) in [7, 11) is 0. The Balaban J connectivity index is 1.49. The van der Waals surface area contributed by atoms with Crippen molar-refractivity contribution in [1.29, 1.82) is 5.26 Å². The first-order chi connectivity index (χ1) is 16.5. The Morgan fingerprint density at radius 2 is 1.82 bits per heavy atom. The Hall–Kier alpha value is -3.79. The molecule has 1 aliphatic rings. The highest BCUT2D eigenvalue weighted by molar-refractivity contribution is 5.90. The number of hydrogen-bond acceptors (Lipinski definition) is 4. The van der Waals surface area contributed by atoms with Crippen molar-refractivity contribution in [2.45, 2.75) is 32.7 Å². The van der Waals surface area contributed by atoms with Gasteiger partial charge in [-0.15, -0.1) is 0 Å². The SMILES string of the molecule is CC(C)C(=O)NC(Cc1c[nH]c2ccccc12)C(=O)N1CCCN(c2ccc(C#N)cc2)CC1. The van der Waals surface area contributed by atoms with Crippen LogP contribution in [0.15, 0.2) is 54.7 Å². The summed E-state index contributed by atoms with van der Waals surface area (Å²) in [6.45, 7) is 6.44. The summed E-state index contributed by atoms with van der Waals surface area (Å²) >= 11 is 0. The van der Waals surface area contributed by atoms with Crippen LogP contribution in [0.2, 0.25) is 0 Å². The van der Waals surface area contributed by atoms with Gasteiger partial charge in [-0.2, -0.15) is 5.26 Å². The second-order valence-corrected chi connectivity index (χ2v) is 9.10. The molecule has 0 saturated carbocycles. The van der Waals surface area contributed by atoms with Gasteiger partial charge < -0.3 is 20.1 Å². The number of H-pyrrole nitrogens is 1. The van der Waals surface area contributed by atoms with Crippen molar-refractivity contribution in [1.82, 2.24) is 15.2 Å². The number of para-hydroxylation sites is 1. The van der Waals surface area contributed by atoms with Gasteiger partial charge in [0.25, 0.3) is 0 Å². The van der Waals surface area contributed by atoms with E-state index < -0.39 is 6.04 Å². The molecule has 4 rings (SSSR count). The van der Waals surface area contributed by atoms with Crippen LogP contribution in [0.5, 0.6) is 0 Å². The first-order valence-electron chi connectivity index (χ1n) is 11.9. The summed E-state index contributed by atoms with van der Waals surface area (Å²) in [5, 5.41) is 13.1. The first-order valence-corrected chi connectivity index (χ1v) is 11.9. The molecule has 7 nitrogen and oxygen atoms in total. The second-order valence-electron chi connectivity index (χ2n) is 9.10. The standard InChI is InChI=1S/C27H31N5O2/c1-19(2)26(33)30-25(16-21-18-29-24-7-4-3-6-23(21)24)27(34)32-13-5-12-31(14-15-32)22-10-8-20(17-28)9-11-22/h3-4,6-11,18-19,25,29H,5,12-16H2,1-2H3,(H,30,33). The van der Waals surface area contributed by atoms with E-state index in [9.17, 15) is 9.59 Å². The first kappa shape index (κ1) is 23.4. The summed E-state index contributed by atoms with van der Waals surface area (Å²) in [4.78, 5) is 33.6. The smallest absolute Gasteiger partial charge is 0.245 e. The second kappa shape index (κ2) is 10.4. The molecular formula is C27H31N5O2. The molecule has 176 valence electrons. The van der Waals surface area contributed by atoms with Crippen molar-refractivity contribution in [3.8, 4) is 6.07 Å². The monoisotopic (exact) mass is 457 g/mol. The molecular weight excluding hydrogens is 426 g/mol. The molecule has 1 aromatic heterocycles. The number of hydrogen-bond donors (Lipinski definition) is 2. The molecule has 7 heteroatoms. The third kappa shape index (κ3) is 5.23. The van der Waals surface area contributed by atoms with E-state index >= 15 is 0 Å². The molecule has 1 unspecified atom stereocenters. The summed E-state index contributed by atoms with van der Waals surface area (Å²) in [6.07, 6.45) is 3.21. The lowest BCUT2D eigenvalue weighted by Gasteiger charge is -2.28. The van der Waals surface area contributed by atoms with E-state index in [4.69, 9.17) is 5.26 Å². The van der Waals surface area contributed by atoms with Gasteiger partial charge in [-0.1, -0.05) is 32.0 Å². The lowest BCUT2D eigenvalue weighted by molar-refractivity contribution is -0.137. The van der Waals surface area contributed by atoms with E-state index in [2.05, 4.69) is 21.3 Å². The number of rotatable bonds is 6. The normalized spacial score (nSPS) is 15.1. The lowest BCUT2D eigenvalue weighted by Crippen LogP contribution is -2.51. The number of anilines is 1. The maximum atomic E-state index is 13.6. The van der Waals surface area contributed by atoms with Crippen molar-refractivity contribution in [3.63, 3.8) is 0 Å². The summed E-state index contributed by atoms with van der Waals surface area (Å²) < 4.78 is 0. The number of fused-ring (bicyclic) bond motifs is 1. The Morgan fingerprint density at radius 3 is 2.56 bits per heavy atom. The number of amides is 2. The molecule has 0 aliphatic carbocycles. The molecule has 1 saturated heterocycles. The number of carbonyl (C=O) groups is 2. The number of aromatic amines is 1. The van der Waals surface area contributed by atoms with Crippen molar-refractivity contribution in [2.75, 3.05) is 31.1 Å². The van der Waals surface area contributed by atoms with Crippen LogP contribution in [0.3, 0.4) is 0 Å². The number of aromatic nitrogens is 1. The molecule has 1 atom stereocenters. The van der Waals surface area contributed by atoms with Crippen molar-refractivity contribution in [3.05, 3.63) is 65.9 Å². The third-order valence-electron chi connectivity index (χ3n) is 6.41. The summed E-state index contributed by atoms with van der Waals surface area (Å²) in [6, 6.07) is 17.1. The van der Waals surface area contributed by atoms with Gasteiger partial charge in [0, 0.05) is 61.3 Å². The average Bonchev–Trinajstić information content (AvgIpc) is 3.09.